The van der Waals surface area contributed by atoms with E-state index in [0.29, 0.717) is 49.6 Å². The summed E-state index contributed by atoms with van der Waals surface area (Å²) in [6.07, 6.45) is 2.72. The number of fused-ring (bicyclic) bond motifs is 1. The number of morpholine rings is 1. The summed E-state index contributed by atoms with van der Waals surface area (Å²) < 4.78 is 22.7. The van der Waals surface area contributed by atoms with Gasteiger partial charge in [-0.15, -0.1) is 0 Å². The van der Waals surface area contributed by atoms with Gasteiger partial charge in [-0.05, 0) is 37.3 Å². The molecule has 0 saturated carbocycles. The van der Waals surface area contributed by atoms with Crippen LogP contribution in [0, 0.1) is 5.82 Å². The van der Waals surface area contributed by atoms with Gasteiger partial charge in [-0.25, -0.2) is 9.82 Å². The number of halogens is 2. The van der Waals surface area contributed by atoms with Crippen LogP contribution in [0.1, 0.15) is 22.8 Å². The Morgan fingerprint density at radius 1 is 1.30 bits per heavy atom. The van der Waals surface area contributed by atoms with Crippen molar-refractivity contribution in [1.82, 2.24) is 9.99 Å². The summed E-state index contributed by atoms with van der Waals surface area (Å²) in [6.45, 7) is 4.48. The van der Waals surface area contributed by atoms with Crippen molar-refractivity contribution in [2.24, 2.45) is 5.10 Å². The second-order valence-electron chi connectivity index (χ2n) is 7.48. The number of carbonyl (C=O) groups excluding carboxylic acids is 1. The number of nitrogens with one attached hydrogen (secondary N) is 1. The van der Waals surface area contributed by atoms with Crippen LogP contribution >= 0.6 is 15.9 Å². The minimum atomic E-state index is -0.729. The molecule has 2 heterocycles. The van der Waals surface area contributed by atoms with Gasteiger partial charge in [0.25, 0.3) is 5.91 Å². The van der Waals surface area contributed by atoms with Gasteiger partial charge in [-0.2, -0.15) is 5.10 Å². The molecule has 0 bridgehead atoms. The molecular formula is C23H22BrFN4O4. The molecule has 2 N–H and O–H groups in total. The lowest BCUT2D eigenvalue weighted by Crippen LogP contribution is -2.37. The fourth-order valence-electron chi connectivity index (χ4n) is 3.72. The average molecular weight is 517 g/mol. The van der Waals surface area contributed by atoms with Crippen LogP contribution in [0.5, 0.6) is 5.75 Å². The van der Waals surface area contributed by atoms with Gasteiger partial charge in [0.05, 0.1) is 30.6 Å². The van der Waals surface area contributed by atoms with Crippen molar-refractivity contribution in [3.05, 3.63) is 68.2 Å². The summed E-state index contributed by atoms with van der Waals surface area (Å²) in [4.78, 5) is 27.6. The second kappa shape index (κ2) is 9.72. The molecule has 0 atom stereocenters. The summed E-state index contributed by atoms with van der Waals surface area (Å²) in [7, 11) is 0. The summed E-state index contributed by atoms with van der Waals surface area (Å²) in [5.74, 6) is -1.26. The Morgan fingerprint density at radius 2 is 2.06 bits per heavy atom. The Bertz CT molecular complexity index is 1300. The summed E-state index contributed by atoms with van der Waals surface area (Å²) >= 11 is 3.29. The number of aryl methyl sites for hydroxylation is 1. The molecule has 1 amide bonds. The first-order valence-electron chi connectivity index (χ1n) is 10.4. The molecule has 3 aromatic rings. The standard InChI is InChI=1S/C23H22BrFN4O4/c1-2-28-13-17(23(32)27-26-12-14-9-15(24)3-4-21(14)30)22(31)16-10-18(25)20(11-19(16)28)29-5-7-33-8-6-29/h3-4,9-13,30H,2,5-8H2,1H3,(H,27,32)/b26-12-. The predicted molar refractivity (Wildman–Crippen MR) is 128 cm³/mol. The van der Waals surface area contributed by atoms with Gasteiger partial charge in [0.2, 0.25) is 5.43 Å². The van der Waals surface area contributed by atoms with E-state index in [1.807, 2.05) is 11.8 Å². The van der Waals surface area contributed by atoms with Crippen molar-refractivity contribution in [3.63, 3.8) is 0 Å². The molecule has 1 aliphatic heterocycles. The molecule has 1 aliphatic rings. The highest BCUT2D eigenvalue weighted by atomic mass is 79.9. The number of phenols is 1. The Labute approximate surface area is 197 Å². The van der Waals surface area contributed by atoms with Crippen LogP contribution in [0.2, 0.25) is 0 Å². The van der Waals surface area contributed by atoms with E-state index in [1.165, 1.54) is 24.5 Å². The van der Waals surface area contributed by atoms with Crippen molar-refractivity contribution in [2.45, 2.75) is 13.5 Å². The molecule has 172 valence electrons. The van der Waals surface area contributed by atoms with Crippen molar-refractivity contribution in [1.29, 1.82) is 0 Å². The van der Waals surface area contributed by atoms with E-state index in [1.54, 1.807) is 22.8 Å². The molecular weight excluding hydrogens is 495 g/mol. The Hall–Kier alpha value is -3.24. The van der Waals surface area contributed by atoms with Crippen molar-refractivity contribution >= 4 is 44.6 Å². The third kappa shape index (κ3) is 4.76. The largest absolute Gasteiger partial charge is 0.507 e. The molecule has 1 fully saturated rings. The fourth-order valence-corrected chi connectivity index (χ4v) is 4.10. The highest BCUT2D eigenvalue weighted by molar-refractivity contribution is 9.10. The van der Waals surface area contributed by atoms with Gasteiger partial charge in [0.15, 0.2) is 0 Å². The van der Waals surface area contributed by atoms with E-state index >= 15 is 0 Å². The quantitative estimate of drug-likeness (QED) is 0.401. The SMILES string of the molecule is CCn1cc(C(=O)N/N=C\c2cc(Br)ccc2O)c(=O)c2cc(F)c(N3CCOCC3)cc21. The maximum atomic E-state index is 14.9. The highest BCUT2D eigenvalue weighted by Crippen LogP contribution is 2.26. The third-order valence-electron chi connectivity index (χ3n) is 5.45. The highest BCUT2D eigenvalue weighted by Gasteiger charge is 2.20. The zero-order chi connectivity index (χ0) is 23.5. The molecule has 8 nitrogen and oxygen atoms in total. The van der Waals surface area contributed by atoms with Gasteiger partial charge in [0.1, 0.15) is 17.1 Å². The van der Waals surface area contributed by atoms with Crippen LogP contribution in [0.25, 0.3) is 10.9 Å². The van der Waals surface area contributed by atoms with Gasteiger partial charge < -0.3 is 19.3 Å². The number of nitrogens with zero attached hydrogens (tertiary/aromatic N) is 3. The lowest BCUT2D eigenvalue weighted by Gasteiger charge is -2.29. The lowest BCUT2D eigenvalue weighted by molar-refractivity contribution is 0.0953. The number of ether oxygens (including phenoxy) is 1. The molecule has 33 heavy (non-hydrogen) atoms. The number of hydrogen-bond acceptors (Lipinski definition) is 6. The van der Waals surface area contributed by atoms with Crippen molar-refractivity contribution in [3.8, 4) is 5.75 Å². The minimum Gasteiger partial charge on any atom is -0.507 e. The number of phenolic OH excluding ortho intramolecular Hbond substituents is 1. The van der Waals surface area contributed by atoms with Gasteiger partial charge in [-0.1, -0.05) is 15.9 Å². The minimum absolute atomic E-state index is 0.0122. The van der Waals surface area contributed by atoms with Crippen LogP contribution < -0.4 is 15.8 Å². The number of hydrazone groups is 1. The summed E-state index contributed by atoms with van der Waals surface area (Å²) in [6, 6.07) is 7.61. The van der Waals surface area contributed by atoms with Crippen LogP contribution in [0.15, 0.2) is 50.9 Å². The number of aromatic hydroxyl groups is 1. The first-order chi connectivity index (χ1) is 15.9. The van der Waals surface area contributed by atoms with Crippen LogP contribution in [-0.4, -0.2) is 48.1 Å². The molecule has 10 heteroatoms. The van der Waals surface area contributed by atoms with Gasteiger partial charge in [-0.3, -0.25) is 9.59 Å². The van der Waals surface area contributed by atoms with Crippen molar-refractivity contribution < 1.29 is 19.0 Å². The number of pyridine rings is 1. The normalized spacial score (nSPS) is 14.2. The van der Waals surface area contributed by atoms with Gasteiger partial charge >= 0.3 is 0 Å². The molecule has 2 aromatic carbocycles. The maximum Gasteiger partial charge on any atom is 0.276 e. The second-order valence-corrected chi connectivity index (χ2v) is 8.40. The molecule has 0 aliphatic carbocycles. The van der Waals surface area contributed by atoms with Crippen LogP contribution in [0.4, 0.5) is 10.1 Å². The maximum absolute atomic E-state index is 14.9. The van der Waals surface area contributed by atoms with E-state index in [-0.39, 0.29) is 16.7 Å². The molecule has 4 rings (SSSR count). The predicted octanol–water partition coefficient (Wildman–Crippen LogP) is 3.23. The van der Waals surface area contributed by atoms with Crippen LogP contribution in [-0.2, 0) is 11.3 Å². The van der Waals surface area contributed by atoms with E-state index in [9.17, 15) is 19.1 Å². The Morgan fingerprint density at radius 3 is 2.79 bits per heavy atom. The summed E-state index contributed by atoms with van der Waals surface area (Å²) in [5, 5.41) is 13.8. The third-order valence-corrected chi connectivity index (χ3v) is 5.94. The first-order valence-corrected chi connectivity index (χ1v) is 11.2. The number of carbonyl (C=O) groups is 1. The summed E-state index contributed by atoms with van der Waals surface area (Å²) in [5.41, 5.74) is 2.90. The van der Waals surface area contributed by atoms with E-state index in [2.05, 4.69) is 26.5 Å². The zero-order valence-electron chi connectivity index (χ0n) is 17.8. The van der Waals surface area contributed by atoms with E-state index in [4.69, 9.17) is 4.74 Å². The average Bonchev–Trinajstić information content (AvgIpc) is 2.82. The number of hydrogen-bond donors (Lipinski definition) is 2. The zero-order valence-corrected chi connectivity index (χ0v) is 19.4. The molecule has 0 unspecified atom stereocenters. The first kappa shape index (κ1) is 22.9. The number of amides is 1. The number of anilines is 1. The monoisotopic (exact) mass is 516 g/mol. The Balaban J connectivity index is 1.67. The number of benzene rings is 2. The topological polar surface area (TPSA) is 96.2 Å². The molecule has 0 radical (unpaired) electrons. The Kier molecular flexibility index (Phi) is 6.75. The van der Waals surface area contributed by atoms with Gasteiger partial charge in [0, 0.05) is 41.3 Å². The molecule has 1 saturated heterocycles. The fraction of sp³-hybridized carbons (Fsp3) is 0.261. The number of rotatable bonds is 5. The van der Waals surface area contributed by atoms with Crippen molar-refractivity contribution in [2.75, 3.05) is 31.2 Å². The number of aromatic nitrogens is 1. The van der Waals surface area contributed by atoms with E-state index < -0.39 is 17.2 Å². The smallest absolute Gasteiger partial charge is 0.276 e. The van der Waals surface area contributed by atoms with Crippen LogP contribution in [0.3, 0.4) is 0 Å². The van der Waals surface area contributed by atoms with E-state index in [0.717, 1.165) is 4.47 Å². The lowest BCUT2D eigenvalue weighted by atomic mass is 10.1. The molecule has 0 spiro atoms. The molecule has 1 aromatic heterocycles.